The minimum atomic E-state index is -0.237. The lowest BCUT2D eigenvalue weighted by atomic mass is 10.2. The number of anilines is 1. The van der Waals surface area contributed by atoms with Crippen molar-refractivity contribution in [2.24, 2.45) is 0 Å². The maximum atomic E-state index is 13.7. The molecule has 0 bridgehead atoms. The van der Waals surface area contributed by atoms with Crippen molar-refractivity contribution in [3.8, 4) is 5.75 Å². The molecule has 0 atom stereocenters. The molecule has 0 saturated carbocycles. The quantitative estimate of drug-likeness (QED) is 0.893. The maximum Gasteiger partial charge on any atom is 0.146 e. The molecule has 2 aromatic rings. The Morgan fingerprint density at radius 1 is 1.21 bits per heavy atom. The first-order chi connectivity index (χ1) is 9.10. The molecule has 2 nitrogen and oxygen atoms in total. The summed E-state index contributed by atoms with van der Waals surface area (Å²) in [6.07, 6.45) is 0. The lowest BCUT2D eigenvalue weighted by Crippen LogP contribution is -2.02. The van der Waals surface area contributed by atoms with E-state index in [-0.39, 0.29) is 5.82 Å². The molecule has 2 rings (SSSR count). The van der Waals surface area contributed by atoms with E-state index in [9.17, 15) is 4.39 Å². The monoisotopic (exact) mass is 323 g/mol. The van der Waals surface area contributed by atoms with E-state index >= 15 is 0 Å². The predicted octanol–water partition coefficient (Wildman–Crippen LogP) is 4.52. The minimum Gasteiger partial charge on any atom is -0.497 e. The summed E-state index contributed by atoms with van der Waals surface area (Å²) in [5, 5.41) is 3.09. The summed E-state index contributed by atoms with van der Waals surface area (Å²) in [5.74, 6) is 0.545. The first kappa shape index (κ1) is 13.9. The largest absolute Gasteiger partial charge is 0.497 e. The third-order valence-electron chi connectivity index (χ3n) is 2.85. The number of aryl methyl sites for hydroxylation is 1. The lowest BCUT2D eigenvalue weighted by Gasteiger charge is -2.11. The SMILES string of the molecule is COc1ccc(Br)c(CNc2ccc(C)cc2F)c1. The van der Waals surface area contributed by atoms with E-state index < -0.39 is 0 Å². The topological polar surface area (TPSA) is 21.3 Å². The molecule has 0 unspecified atom stereocenters. The van der Waals surface area contributed by atoms with E-state index in [0.29, 0.717) is 12.2 Å². The van der Waals surface area contributed by atoms with Crippen molar-refractivity contribution in [1.82, 2.24) is 0 Å². The molecule has 0 fully saturated rings. The summed E-state index contributed by atoms with van der Waals surface area (Å²) < 4.78 is 19.8. The summed E-state index contributed by atoms with van der Waals surface area (Å²) in [5.41, 5.74) is 2.42. The van der Waals surface area contributed by atoms with Crippen LogP contribution in [0.2, 0.25) is 0 Å². The van der Waals surface area contributed by atoms with Gasteiger partial charge in [-0.05, 0) is 48.4 Å². The number of methoxy groups -OCH3 is 1. The van der Waals surface area contributed by atoms with Gasteiger partial charge in [-0.25, -0.2) is 4.39 Å². The molecule has 0 aliphatic rings. The van der Waals surface area contributed by atoms with E-state index in [2.05, 4.69) is 21.2 Å². The molecular weight excluding hydrogens is 309 g/mol. The van der Waals surface area contributed by atoms with E-state index in [0.717, 1.165) is 21.3 Å². The zero-order chi connectivity index (χ0) is 13.8. The van der Waals surface area contributed by atoms with Crippen LogP contribution in [-0.2, 0) is 6.54 Å². The van der Waals surface area contributed by atoms with Gasteiger partial charge in [0.25, 0.3) is 0 Å². The Morgan fingerprint density at radius 3 is 2.68 bits per heavy atom. The minimum absolute atomic E-state index is 0.237. The fraction of sp³-hybridized carbons (Fsp3) is 0.200. The summed E-state index contributed by atoms with van der Waals surface area (Å²) in [6, 6.07) is 10.9. The summed E-state index contributed by atoms with van der Waals surface area (Å²) in [4.78, 5) is 0. The van der Waals surface area contributed by atoms with Gasteiger partial charge < -0.3 is 10.1 Å². The third-order valence-corrected chi connectivity index (χ3v) is 3.62. The van der Waals surface area contributed by atoms with Gasteiger partial charge in [0.1, 0.15) is 11.6 Å². The van der Waals surface area contributed by atoms with E-state index in [1.807, 2.05) is 31.2 Å². The number of hydrogen-bond acceptors (Lipinski definition) is 2. The smallest absolute Gasteiger partial charge is 0.146 e. The molecule has 2 aromatic carbocycles. The highest BCUT2D eigenvalue weighted by Crippen LogP contribution is 2.24. The van der Waals surface area contributed by atoms with Crippen LogP contribution in [0.5, 0.6) is 5.75 Å². The van der Waals surface area contributed by atoms with Crippen molar-refractivity contribution in [2.45, 2.75) is 13.5 Å². The number of rotatable bonds is 4. The fourth-order valence-corrected chi connectivity index (χ4v) is 2.15. The van der Waals surface area contributed by atoms with E-state index in [1.54, 1.807) is 13.2 Å². The van der Waals surface area contributed by atoms with Crippen LogP contribution in [0.4, 0.5) is 10.1 Å². The Bertz CT molecular complexity index is 586. The van der Waals surface area contributed by atoms with Gasteiger partial charge in [-0.1, -0.05) is 22.0 Å². The Kier molecular flexibility index (Phi) is 4.43. The Morgan fingerprint density at radius 2 is 2.00 bits per heavy atom. The molecule has 0 spiro atoms. The average molecular weight is 324 g/mol. The van der Waals surface area contributed by atoms with E-state index in [4.69, 9.17) is 4.74 Å². The van der Waals surface area contributed by atoms with Gasteiger partial charge in [-0.15, -0.1) is 0 Å². The zero-order valence-electron chi connectivity index (χ0n) is 10.8. The molecule has 0 aromatic heterocycles. The van der Waals surface area contributed by atoms with E-state index in [1.165, 1.54) is 6.07 Å². The molecule has 100 valence electrons. The van der Waals surface area contributed by atoms with Gasteiger partial charge in [0, 0.05) is 11.0 Å². The zero-order valence-corrected chi connectivity index (χ0v) is 12.4. The van der Waals surface area contributed by atoms with Crippen LogP contribution in [0.3, 0.4) is 0 Å². The predicted molar refractivity (Wildman–Crippen MR) is 79.2 cm³/mol. The normalized spacial score (nSPS) is 10.3. The highest BCUT2D eigenvalue weighted by Gasteiger charge is 2.05. The van der Waals surface area contributed by atoms with Gasteiger partial charge in [0.2, 0.25) is 0 Å². The molecule has 0 heterocycles. The van der Waals surface area contributed by atoms with Gasteiger partial charge in [0.05, 0.1) is 12.8 Å². The highest BCUT2D eigenvalue weighted by molar-refractivity contribution is 9.10. The Hall–Kier alpha value is -1.55. The van der Waals surface area contributed by atoms with Crippen LogP contribution in [0, 0.1) is 12.7 Å². The van der Waals surface area contributed by atoms with Crippen LogP contribution >= 0.6 is 15.9 Å². The van der Waals surface area contributed by atoms with Gasteiger partial charge >= 0.3 is 0 Å². The molecule has 1 N–H and O–H groups in total. The third kappa shape index (κ3) is 3.47. The van der Waals surface area contributed by atoms with Gasteiger partial charge in [0.15, 0.2) is 0 Å². The van der Waals surface area contributed by atoms with Crippen LogP contribution in [0.1, 0.15) is 11.1 Å². The van der Waals surface area contributed by atoms with Crippen molar-refractivity contribution in [3.05, 3.63) is 57.8 Å². The Balaban J connectivity index is 2.14. The molecule has 0 amide bonds. The molecular formula is C15H15BrFNO. The van der Waals surface area contributed by atoms with Crippen LogP contribution in [0.25, 0.3) is 0 Å². The summed E-state index contributed by atoms with van der Waals surface area (Å²) in [7, 11) is 1.63. The van der Waals surface area contributed by atoms with Crippen LogP contribution in [-0.4, -0.2) is 7.11 Å². The number of hydrogen-bond donors (Lipinski definition) is 1. The second-order valence-electron chi connectivity index (χ2n) is 4.29. The molecule has 0 aliphatic carbocycles. The average Bonchev–Trinajstić information content (AvgIpc) is 2.39. The maximum absolute atomic E-state index is 13.7. The first-order valence-electron chi connectivity index (χ1n) is 5.92. The second-order valence-corrected chi connectivity index (χ2v) is 5.15. The molecule has 19 heavy (non-hydrogen) atoms. The van der Waals surface area contributed by atoms with Gasteiger partial charge in [-0.3, -0.25) is 0 Å². The molecule has 0 saturated heterocycles. The molecule has 0 radical (unpaired) electrons. The number of ether oxygens (including phenoxy) is 1. The summed E-state index contributed by atoms with van der Waals surface area (Å²) in [6.45, 7) is 2.39. The Labute approximate surface area is 120 Å². The van der Waals surface area contributed by atoms with Crippen molar-refractivity contribution < 1.29 is 9.13 Å². The van der Waals surface area contributed by atoms with Crippen LogP contribution < -0.4 is 10.1 Å². The lowest BCUT2D eigenvalue weighted by molar-refractivity contribution is 0.414. The molecule has 4 heteroatoms. The highest BCUT2D eigenvalue weighted by atomic mass is 79.9. The van der Waals surface area contributed by atoms with Crippen molar-refractivity contribution in [2.75, 3.05) is 12.4 Å². The fourth-order valence-electron chi connectivity index (χ4n) is 1.77. The first-order valence-corrected chi connectivity index (χ1v) is 6.72. The van der Waals surface area contributed by atoms with Crippen molar-refractivity contribution in [3.63, 3.8) is 0 Å². The van der Waals surface area contributed by atoms with Gasteiger partial charge in [-0.2, -0.15) is 0 Å². The number of halogens is 2. The molecule has 0 aliphatic heterocycles. The standard InChI is InChI=1S/C15H15BrFNO/c1-10-3-6-15(14(17)7-10)18-9-11-8-12(19-2)4-5-13(11)16/h3-8,18H,9H2,1-2H3. The number of benzene rings is 2. The summed E-state index contributed by atoms with van der Waals surface area (Å²) >= 11 is 3.47. The number of nitrogens with one attached hydrogen (secondary N) is 1. The van der Waals surface area contributed by atoms with Crippen molar-refractivity contribution >= 4 is 21.6 Å². The second kappa shape index (κ2) is 6.06. The van der Waals surface area contributed by atoms with Crippen LogP contribution in [0.15, 0.2) is 40.9 Å². The van der Waals surface area contributed by atoms with Crippen molar-refractivity contribution in [1.29, 1.82) is 0 Å².